The minimum Gasteiger partial charge on any atom is -0.384 e. The van der Waals surface area contributed by atoms with Gasteiger partial charge in [-0.3, -0.25) is 4.90 Å². The molecule has 0 amide bonds. The van der Waals surface area contributed by atoms with Crippen LogP contribution >= 0.6 is 0 Å². The van der Waals surface area contributed by atoms with Crippen LogP contribution in [-0.4, -0.2) is 85.5 Å². The quantitative estimate of drug-likeness (QED) is 0.677. The molecule has 2 aromatic heterocycles. The number of nitrogens with zero attached hydrogens (tertiary/aromatic N) is 5. The number of ether oxygens (including phenoxy) is 2. The summed E-state index contributed by atoms with van der Waals surface area (Å²) in [5.74, 6) is 0.603. The van der Waals surface area contributed by atoms with E-state index in [9.17, 15) is 13.2 Å². The maximum absolute atomic E-state index is 13.7. The lowest BCUT2D eigenvalue weighted by Gasteiger charge is -2.29. The Kier molecular flexibility index (Phi) is 6.92. The van der Waals surface area contributed by atoms with E-state index in [0.29, 0.717) is 51.9 Å². The molecule has 174 valence electrons. The molecule has 0 spiro atoms. The van der Waals surface area contributed by atoms with Gasteiger partial charge in [0.15, 0.2) is 0 Å². The van der Waals surface area contributed by atoms with Crippen LogP contribution in [0.25, 0.3) is 11.3 Å². The van der Waals surface area contributed by atoms with E-state index in [1.807, 2.05) is 4.90 Å². The molecule has 2 aliphatic rings. The molecular formula is C20H26F3N7O2. The van der Waals surface area contributed by atoms with Crippen molar-refractivity contribution in [2.24, 2.45) is 0 Å². The number of halogens is 3. The molecular weight excluding hydrogens is 427 g/mol. The first-order chi connectivity index (χ1) is 15.4. The minimum atomic E-state index is -4.60. The van der Waals surface area contributed by atoms with E-state index in [4.69, 9.17) is 15.2 Å². The lowest BCUT2D eigenvalue weighted by atomic mass is 10.1. The Balaban J connectivity index is 1.63. The van der Waals surface area contributed by atoms with Crippen molar-refractivity contribution in [2.75, 3.05) is 81.6 Å². The van der Waals surface area contributed by atoms with E-state index in [0.717, 1.165) is 31.9 Å². The van der Waals surface area contributed by atoms with Gasteiger partial charge in [0.25, 0.3) is 0 Å². The Morgan fingerprint density at radius 1 is 1.00 bits per heavy atom. The van der Waals surface area contributed by atoms with Gasteiger partial charge in [0.2, 0.25) is 5.95 Å². The van der Waals surface area contributed by atoms with E-state index in [1.54, 1.807) is 6.07 Å². The molecule has 2 aliphatic heterocycles. The van der Waals surface area contributed by atoms with Crippen LogP contribution in [0.3, 0.4) is 0 Å². The smallest absolute Gasteiger partial charge is 0.384 e. The zero-order valence-electron chi connectivity index (χ0n) is 17.6. The number of morpholine rings is 2. The average molecular weight is 453 g/mol. The summed E-state index contributed by atoms with van der Waals surface area (Å²) in [6, 6.07) is 2.39. The van der Waals surface area contributed by atoms with Gasteiger partial charge in [0, 0.05) is 57.1 Å². The van der Waals surface area contributed by atoms with Crippen molar-refractivity contribution < 1.29 is 22.6 Å². The van der Waals surface area contributed by atoms with Crippen molar-refractivity contribution in [1.29, 1.82) is 0 Å². The van der Waals surface area contributed by atoms with Gasteiger partial charge in [0.1, 0.15) is 11.6 Å². The zero-order valence-corrected chi connectivity index (χ0v) is 17.6. The first-order valence-electron chi connectivity index (χ1n) is 10.5. The van der Waals surface area contributed by atoms with Crippen molar-refractivity contribution >= 4 is 17.6 Å². The van der Waals surface area contributed by atoms with Crippen LogP contribution in [0.5, 0.6) is 0 Å². The van der Waals surface area contributed by atoms with Crippen molar-refractivity contribution in [3.63, 3.8) is 0 Å². The normalized spacial score (nSPS) is 18.0. The molecule has 32 heavy (non-hydrogen) atoms. The highest BCUT2D eigenvalue weighted by atomic mass is 19.4. The Bertz CT molecular complexity index is 917. The van der Waals surface area contributed by atoms with Crippen LogP contribution in [0.4, 0.5) is 30.8 Å². The van der Waals surface area contributed by atoms with E-state index in [2.05, 4.69) is 25.2 Å². The Morgan fingerprint density at radius 2 is 1.69 bits per heavy atom. The number of hydrogen-bond acceptors (Lipinski definition) is 9. The first kappa shape index (κ1) is 22.5. The summed E-state index contributed by atoms with van der Waals surface area (Å²) in [6.45, 7) is 6.60. The van der Waals surface area contributed by atoms with Crippen LogP contribution in [-0.2, 0) is 15.7 Å². The largest absolute Gasteiger partial charge is 0.417 e. The van der Waals surface area contributed by atoms with Crippen molar-refractivity contribution in [2.45, 2.75) is 6.18 Å². The fourth-order valence-corrected chi connectivity index (χ4v) is 3.67. The van der Waals surface area contributed by atoms with E-state index in [1.165, 1.54) is 0 Å². The lowest BCUT2D eigenvalue weighted by molar-refractivity contribution is -0.137. The van der Waals surface area contributed by atoms with Crippen molar-refractivity contribution in [1.82, 2.24) is 19.9 Å². The van der Waals surface area contributed by atoms with Crippen LogP contribution in [0.15, 0.2) is 18.3 Å². The van der Waals surface area contributed by atoms with Crippen LogP contribution in [0.1, 0.15) is 5.56 Å². The summed E-state index contributed by atoms with van der Waals surface area (Å²) in [4.78, 5) is 17.0. The molecule has 4 rings (SSSR count). The van der Waals surface area contributed by atoms with Gasteiger partial charge in [-0.05, 0) is 6.07 Å². The Morgan fingerprint density at radius 3 is 2.38 bits per heavy atom. The fourth-order valence-electron chi connectivity index (χ4n) is 3.67. The van der Waals surface area contributed by atoms with Gasteiger partial charge in [-0.1, -0.05) is 0 Å². The van der Waals surface area contributed by atoms with Crippen LogP contribution < -0.4 is 16.0 Å². The molecule has 0 aromatic carbocycles. The highest BCUT2D eigenvalue weighted by molar-refractivity contribution is 5.69. The monoisotopic (exact) mass is 453 g/mol. The highest BCUT2D eigenvalue weighted by Crippen LogP contribution is 2.37. The summed E-state index contributed by atoms with van der Waals surface area (Å²) in [5, 5.41) is 3.16. The summed E-state index contributed by atoms with van der Waals surface area (Å²) >= 11 is 0. The topological polar surface area (TPSA) is 102 Å². The molecule has 0 aliphatic carbocycles. The van der Waals surface area contributed by atoms with Gasteiger partial charge in [-0.15, -0.1) is 0 Å². The minimum absolute atomic E-state index is 0.134. The standard InChI is InChI=1S/C20H26F3N7O2/c21-20(22,23)15-11-17(24)26-13-14(15)16-12-18(30-5-9-32-10-6-30)28-19(27-16)25-1-2-29-3-7-31-8-4-29/h11-13H,1-10H2,(H2,24,26)(H,25,27,28). The summed E-state index contributed by atoms with van der Waals surface area (Å²) in [6.07, 6.45) is -3.48. The molecule has 0 atom stereocenters. The third-order valence-electron chi connectivity index (χ3n) is 5.37. The molecule has 0 bridgehead atoms. The van der Waals surface area contributed by atoms with E-state index >= 15 is 0 Å². The van der Waals surface area contributed by atoms with Gasteiger partial charge in [0.05, 0.1) is 37.7 Å². The number of hydrogen-bond donors (Lipinski definition) is 2. The zero-order chi connectivity index (χ0) is 22.6. The number of alkyl halides is 3. The maximum atomic E-state index is 13.7. The summed E-state index contributed by atoms with van der Waals surface area (Å²) in [7, 11) is 0. The third-order valence-corrected chi connectivity index (χ3v) is 5.37. The molecule has 9 nitrogen and oxygen atoms in total. The van der Waals surface area contributed by atoms with E-state index in [-0.39, 0.29) is 23.0 Å². The number of nitrogens with two attached hydrogens (primary N) is 1. The SMILES string of the molecule is Nc1cc(C(F)(F)F)c(-c2cc(N3CCOCC3)nc(NCCN3CCOCC3)n2)cn1. The Hall–Kier alpha value is -2.70. The Labute approximate surface area is 183 Å². The molecule has 12 heteroatoms. The molecule has 0 saturated carbocycles. The van der Waals surface area contributed by atoms with Gasteiger partial charge < -0.3 is 25.4 Å². The number of pyridine rings is 1. The molecule has 2 aromatic rings. The molecule has 2 fully saturated rings. The number of anilines is 3. The van der Waals surface area contributed by atoms with Gasteiger partial charge in [-0.2, -0.15) is 18.2 Å². The summed E-state index contributed by atoms with van der Waals surface area (Å²) in [5.41, 5.74) is 4.64. The number of rotatable bonds is 6. The number of aromatic nitrogens is 3. The maximum Gasteiger partial charge on any atom is 0.417 e. The average Bonchev–Trinajstić information content (AvgIpc) is 2.79. The molecule has 0 unspecified atom stereocenters. The summed E-state index contributed by atoms with van der Waals surface area (Å²) < 4.78 is 51.8. The molecule has 4 heterocycles. The first-order valence-corrected chi connectivity index (χ1v) is 10.5. The molecule has 2 saturated heterocycles. The predicted octanol–water partition coefficient (Wildman–Crippen LogP) is 1.72. The van der Waals surface area contributed by atoms with Crippen molar-refractivity contribution in [3.8, 4) is 11.3 Å². The van der Waals surface area contributed by atoms with Gasteiger partial charge >= 0.3 is 6.18 Å². The second kappa shape index (κ2) is 9.84. The molecule has 0 radical (unpaired) electrons. The lowest BCUT2D eigenvalue weighted by Crippen LogP contribution is -2.39. The highest BCUT2D eigenvalue weighted by Gasteiger charge is 2.35. The van der Waals surface area contributed by atoms with Crippen molar-refractivity contribution in [3.05, 3.63) is 23.9 Å². The fraction of sp³-hybridized carbons (Fsp3) is 0.550. The predicted molar refractivity (Wildman–Crippen MR) is 113 cm³/mol. The van der Waals surface area contributed by atoms with E-state index < -0.39 is 11.7 Å². The second-order valence-electron chi connectivity index (χ2n) is 7.57. The van der Waals surface area contributed by atoms with Crippen LogP contribution in [0, 0.1) is 0 Å². The second-order valence-corrected chi connectivity index (χ2v) is 7.57. The number of nitrogens with one attached hydrogen (secondary N) is 1. The van der Waals surface area contributed by atoms with Gasteiger partial charge in [-0.25, -0.2) is 9.97 Å². The molecule has 3 N–H and O–H groups in total. The third kappa shape index (κ3) is 5.56. The number of nitrogen functional groups attached to an aromatic ring is 1. The van der Waals surface area contributed by atoms with Crippen LogP contribution in [0.2, 0.25) is 0 Å².